The van der Waals surface area contributed by atoms with Crippen LogP contribution in [0.2, 0.25) is 0 Å². The number of carbonyl (C=O) groups excluding carboxylic acids is 1. The van der Waals surface area contributed by atoms with Gasteiger partial charge in [0.05, 0.1) is 18.7 Å². The number of aromatic nitrogens is 2. The molecule has 3 N–H and O–H groups in total. The summed E-state index contributed by atoms with van der Waals surface area (Å²) >= 11 is 0. The van der Waals surface area contributed by atoms with Gasteiger partial charge >= 0.3 is 0 Å². The van der Waals surface area contributed by atoms with Crippen LogP contribution < -0.4 is 11.1 Å². The zero-order chi connectivity index (χ0) is 13.4. The molecule has 0 saturated heterocycles. The summed E-state index contributed by atoms with van der Waals surface area (Å²) in [6.07, 6.45) is 3.82. The second-order valence-corrected chi connectivity index (χ2v) is 4.14. The van der Waals surface area contributed by atoms with E-state index in [1.54, 1.807) is 24.1 Å². The van der Waals surface area contributed by atoms with Gasteiger partial charge in [-0.2, -0.15) is 5.10 Å². The number of aryl methyl sites for hydroxylation is 1. The minimum Gasteiger partial charge on any atom is -0.380 e. The standard InChI is InChI=1S/C12H22N4O2.ClH/c1-3-4-7-16-11(5-6-14-16)15-12(17)8-10(9-13)18-2;/h5-6,10H,3-4,7-9,13H2,1-2H3,(H,15,17);1H. The number of hydrogen-bond acceptors (Lipinski definition) is 4. The Hall–Kier alpha value is -1.11. The Morgan fingerprint density at radius 3 is 2.95 bits per heavy atom. The average molecular weight is 291 g/mol. The van der Waals surface area contributed by atoms with Crippen LogP contribution in [0.25, 0.3) is 0 Å². The fourth-order valence-electron chi connectivity index (χ4n) is 1.59. The first kappa shape index (κ1) is 17.9. The summed E-state index contributed by atoms with van der Waals surface area (Å²) in [5.41, 5.74) is 5.48. The summed E-state index contributed by atoms with van der Waals surface area (Å²) in [6.45, 7) is 3.26. The highest BCUT2D eigenvalue weighted by molar-refractivity contribution is 5.90. The van der Waals surface area contributed by atoms with Crippen LogP contribution >= 0.6 is 12.4 Å². The van der Waals surface area contributed by atoms with Crippen LogP contribution in [0.3, 0.4) is 0 Å². The van der Waals surface area contributed by atoms with Gasteiger partial charge in [0.25, 0.3) is 0 Å². The van der Waals surface area contributed by atoms with Crippen LogP contribution in [0.1, 0.15) is 26.2 Å². The number of anilines is 1. The van der Waals surface area contributed by atoms with E-state index < -0.39 is 0 Å². The number of unbranched alkanes of at least 4 members (excludes halogenated alkanes) is 1. The molecule has 0 radical (unpaired) electrons. The molecule has 1 heterocycles. The van der Waals surface area contributed by atoms with Crippen LogP contribution in [0.15, 0.2) is 12.3 Å². The first-order valence-electron chi connectivity index (χ1n) is 6.25. The number of ether oxygens (including phenoxy) is 1. The van der Waals surface area contributed by atoms with Gasteiger partial charge in [-0.05, 0) is 6.42 Å². The predicted molar refractivity (Wildman–Crippen MR) is 77.5 cm³/mol. The minimum atomic E-state index is -0.239. The minimum absolute atomic E-state index is 0. The van der Waals surface area contributed by atoms with Gasteiger partial charge in [-0.1, -0.05) is 13.3 Å². The van der Waals surface area contributed by atoms with Crippen LogP contribution in [-0.4, -0.2) is 35.4 Å². The zero-order valence-corrected chi connectivity index (χ0v) is 12.3. The number of rotatable bonds is 8. The van der Waals surface area contributed by atoms with Crippen LogP contribution in [0.5, 0.6) is 0 Å². The molecule has 1 amide bonds. The van der Waals surface area contributed by atoms with Crippen molar-refractivity contribution in [2.45, 2.75) is 38.8 Å². The molecule has 0 aliphatic heterocycles. The molecule has 1 aromatic heterocycles. The maximum Gasteiger partial charge on any atom is 0.228 e. The SMILES string of the molecule is CCCCn1nccc1NC(=O)CC(CN)OC.Cl. The number of nitrogens with two attached hydrogens (primary N) is 1. The third-order valence-electron chi connectivity index (χ3n) is 2.72. The Kier molecular flexibility index (Phi) is 9.20. The molecule has 1 rings (SSSR count). The van der Waals surface area contributed by atoms with E-state index in [1.165, 1.54) is 0 Å². The van der Waals surface area contributed by atoms with Crippen molar-refractivity contribution < 1.29 is 9.53 Å². The topological polar surface area (TPSA) is 82.2 Å². The molecule has 7 heteroatoms. The summed E-state index contributed by atoms with van der Waals surface area (Å²) in [7, 11) is 1.55. The van der Waals surface area contributed by atoms with Gasteiger partial charge in [0, 0.05) is 26.3 Å². The Balaban J connectivity index is 0.00000324. The summed E-state index contributed by atoms with van der Waals surface area (Å²) < 4.78 is 6.87. The highest BCUT2D eigenvalue weighted by Gasteiger charge is 2.13. The molecule has 6 nitrogen and oxygen atoms in total. The van der Waals surface area contributed by atoms with E-state index in [0.717, 1.165) is 25.2 Å². The maximum atomic E-state index is 11.8. The first-order chi connectivity index (χ1) is 8.71. The predicted octanol–water partition coefficient (Wildman–Crippen LogP) is 1.41. The third-order valence-corrected chi connectivity index (χ3v) is 2.72. The monoisotopic (exact) mass is 290 g/mol. The molecule has 110 valence electrons. The zero-order valence-electron chi connectivity index (χ0n) is 11.5. The van der Waals surface area contributed by atoms with E-state index in [-0.39, 0.29) is 30.8 Å². The van der Waals surface area contributed by atoms with Crippen LogP contribution in [0, 0.1) is 0 Å². The summed E-state index contributed by atoms with van der Waals surface area (Å²) in [5, 5.41) is 7.00. The molecule has 19 heavy (non-hydrogen) atoms. The molecule has 1 aromatic rings. The average Bonchev–Trinajstić information content (AvgIpc) is 2.80. The van der Waals surface area contributed by atoms with Gasteiger partial charge < -0.3 is 15.8 Å². The highest BCUT2D eigenvalue weighted by Crippen LogP contribution is 2.09. The number of nitrogens with zero attached hydrogens (tertiary/aromatic N) is 2. The van der Waals surface area contributed by atoms with E-state index in [4.69, 9.17) is 10.5 Å². The van der Waals surface area contributed by atoms with Crippen LogP contribution in [0.4, 0.5) is 5.82 Å². The second-order valence-electron chi connectivity index (χ2n) is 4.14. The quantitative estimate of drug-likeness (QED) is 0.758. The molecule has 0 aliphatic rings. The lowest BCUT2D eigenvalue weighted by molar-refractivity contribution is -0.118. The number of halogens is 1. The van der Waals surface area contributed by atoms with Crippen molar-refractivity contribution in [3.05, 3.63) is 12.3 Å². The lowest BCUT2D eigenvalue weighted by Gasteiger charge is -2.13. The van der Waals surface area contributed by atoms with Gasteiger partial charge in [-0.3, -0.25) is 4.79 Å². The molecular formula is C12H23ClN4O2. The molecule has 1 atom stereocenters. The van der Waals surface area contributed by atoms with Gasteiger partial charge in [-0.25, -0.2) is 4.68 Å². The van der Waals surface area contributed by atoms with Crippen molar-refractivity contribution in [2.75, 3.05) is 19.0 Å². The molecule has 0 spiro atoms. The number of hydrogen-bond donors (Lipinski definition) is 2. The number of methoxy groups -OCH3 is 1. The first-order valence-corrected chi connectivity index (χ1v) is 6.25. The van der Waals surface area contributed by atoms with E-state index >= 15 is 0 Å². The maximum absolute atomic E-state index is 11.8. The summed E-state index contributed by atoms with van der Waals surface area (Å²) in [4.78, 5) is 11.8. The smallest absolute Gasteiger partial charge is 0.228 e. The van der Waals surface area contributed by atoms with Crippen molar-refractivity contribution >= 4 is 24.1 Å². The molecule has 1 unspecified atom stereocenters. The number of nitrogens with one attached hydrogen (secondary N) is 1. The largest absolute Gasteiger partial charge is 0.380 e. The highest BCUT2D eigenvalue weighted by atomic mass is 35.5. The van der Waals surface area contributed by atoms with E-state index in [9.17, 15) is 4.79 Å². The van der Waals surface area contributed by atoms with Crippen molar-refractivity contribution in [2.24, 2.45) is 5.73 Å². The Bertz CT molecular complexity index is 366. The van der Waals surface area contributed by atoms with E-state index in [0.29, 0.717) is 6.54 Å². The van der Waals surface area contributed by atoms with Gasteiger partial charge in [0.2, 0.25) is 5.91 Å². The van der Waals surface area contributed by atoms with Crippen LogP contribution in [-0.2, 0) is 16.1 Å². The summed E-state index contributed by atoms with van der Waals surface area (Å²) in [6, 6.07) is 1.79. The lowest BCUT2D eigenvalue weighted by Crippen LogP contribution is -2.28. The Labute approximate surface area is 120 Å². The Morgan fingerprint density at radius 1 is 1.63 bits per heavy atom. The fraction of sp³-hybridized carbons (Fsp3) is 0.667. The number of carbonyl (C=O) groups is 1. The van der Waals surface area contributed by atoms with Crippen molar-refractivity contribution in [3.63, 3.8) is 0 Å². The van der Waals surface area contributed by atoms with Gasteiger partial charge in [0.15, 0.2) is 0 Å². The van der Waals surface area contributed by atoms with Crippen molar-refractivity contribution in [1.82, 2.24) is 9.78 Å². The molecule has 0 aromatic carbocycles. The molecule has 0 aliphatic carbocycles. The Morgan fingerprint density at radius 2 is 2.37 bits per heavy atom. The summed E-state index contributed by atoms with van der Waals surface area (Å²) in [5.74, 6) is 0.617. The van der Waals surface area contributed by atoms with E-state index in [1.807, 2.05) is 0 Å². The van der Waals surface area contributed by atoms with E-state index in [2.05, 4.69) is 17.3 Å². The van der Waals surface area contributed by atoms with Crippen molar-refractivity contribution in [1.29, 1.82) is 0 Å². The fourth-order valence-corrected chi connectivity index (χ4v) is 1.59. The third kappa shape index (κ3) is 6.04. The molecule has 0 bridgehead atoms. The normalized spacial score (nSPS) is 11.7. The number of amides is 1. The van der Waals surface area contributed by atoms with Crippen molar-refractivity contribution in [3.8, 4) is 0 Å². The molecule has 0 saturated carbocycles. The second kappa shape index (κ2) is 9.77. The lowest BCUT2D eigenvalue weighted by atomic mass is 10.2. The van der Waals surface area contributed by atoms with Gasteiger partial charge in [-0.15, -0.1) is 12.4 Å². The van der Waals surface area contributed by atoms with Gasteiger partial charge in [0.1, 0.15) is 5.82 Å². The molecule has 0 fully saturated rings. The molecular weight excluding hydrogens is 268 g/mol.